The Morgan fingerprint density at radius 2 is 1.90 bits per heavy atom. The number of benzene rings is 2. The van der Waals surface area contributed by atoms with E-state index in [0.717, 1.165) is 29.9 Å². The summed E-state index contributed by atoms with van der Waals surface area (Å²) in [6.07, 6.45) is 0.270. The molecule has 0 spiro atoms. The van der Waals surface area contributed by atoms with Gasteiger partial charge in [0.2, 0.25) is 11.8 Å². The van der Waals surface area contributed by atoms with Crippen molar-refractivity contribution in [3.63, 3.8) is 0 Å². The molecule has 2 heterocycles. The second kappa shape index (κ2) is 8.21. The maximum absolute atomic E-state index is 13.0. The van der Waals surface area contributed by atoms with Crippen LogP contribution in [0.3, 0.4) is 0 Å². The fourth-order valence-corrected chi connectivity index (χ4v) is 3.88. The van der Waals surface area contributed by atoms with Crippen LogP contribution in [0.2, 0.25) is 0 Å². The second-order valence-corrected chi connectivity index (χ2v) is 7.81. The molecule has 5 nitrogen and oxygen atoms in total. The molecule has 2 aromatic carbocycles. The van der Waals surface area contributed by atoms with Crippen LogP contribution in [0.25, 0.3) is 11.5 Å². The van der Waals surface area contributed by atoms with E-state index in [0.29, 0.717) is 18.2 Å². The van der Waals surface area contributed by atoms with Crippen LogP contribution in [0.1, 0.15) is 28.6 Å². The SMILES string of the molecule is Cc1cccc(-c2nc(CC(=O)N3CCN(C)C(c4ccccc4)C3)c(C)o2)c1. The average Bonchev–Trinajstić information content (AvgIpc) is 3.09. The van der Waals surface area contributed by atoms with Crippen molar-refractivity contribution in [1.29, 1.82) is 0 Å². The first-order valence-corrected chi connectivity index (χ1v) is 10.1. The van der Waals surface area contributed by atoms with Crippen molar-refractivity contribution in [2.24, 2.45) is 0 Å². The lowest BCUT2D eigenvalue weighted by atomic mass is 10.0. The Morgan fingerprint density at radius 1 is 1.10 bits per heavy atom. The number of nitrogens with zero attached hydrogens (tertiary/aromatic N) is 3. The first kappa shape index (κ1) is 19.4. The number of rotatable bonds is 4. The number of carbonyl (C=O) groups excluding carboxylic acids is 1. The fraction of sp³-hybridized carbons (Fsp3) is 0.333. The van der Waals surface area contributed by atoms with Crippen LogP contribution in [0.15, 0.2) is 59.0 Å². The number of piperazine rings is 1. The van der Waals surface area contributed by atoms with Crippen molar-refractivity contribution in [3.8, 4) is 11.5 Å². The molecule has 1 saturated heterocycles. The van der Waals surface area contributed by atoms with Crippen molar-refractivity contribution < 1.29 is 9.21 Å². The minimum Gasteiger partial charge on any atom is -0.441 e. The van der Waals surface area contributed by atoms with Gasteiger partial charge in [0.15, 0.2) is 0 Å². The number of hydrogen-bond acceptors (Lipinski definition) is 4. The van der Waals surface area contributed by atoms with E-state index < -0.39 is 0 Å². The van der Waals surface area contributed by atoms with Crippen LogP contribution >= 0.6 is 0 Å². The molecule has 1 aliphatic rings. The van der Waals surface area contributed by atoms with Crippen molar-refractivity contribution in [3.05, 3.63) is 77.2 Å². The van der Waals surface area contributed by atoms with Gasteiger partial charge in [-0.3, -0.25) is 9.69 Å². The van der Waals surface area contributed by atoms with Gasteiger partial charge in [0.05, 0.1) is 18.2 Å². The normalized spacial score (nSPS) is 17.5. The van der Waals surface area contributed by atoms with E-state index in [2.05, 4.69) is 41.2 Å². The molecule has 1 atom stereocenters. The number of amides is 1. The standard InChI is InChI=1S/C24H27N3O2/c1-17-8-7-11-20(14-17)24-25-21(18(2)29-24)15-23(28)27-13-12-26(3)22(16-27)19-9-5-4-6-10-19/h4-11,14,22H,12-13,15-16H2,1-3H3. The summed E-state index contributed by atoms with van der Waals surface area (Å²) in [5.74, 6) is 1.39. The van der Waals surface area contributed by atoms with E-state index in [9.17, 15) is 4.79 Å². The van der Waals surface area contributed by atoms with Gasteiger partial charge in [0.1, 0.15) is 5.76 Å². The molecule has 0 aliphatic carbocycles. The number of hydrogen-bond donors (Lipinski definition) is 0. The summed E-state index contributed by atoms with van der Waals surface area (Å²) < 4.78 is 5.86. The first-order valence-electron chi connectivity index (χ1n) is 10.1. The Hall–Kier alpha value is -2.92. The van der Waals surface area contributed by atoms with Crippen molar-refractivity contribution >= 4 is 5.91 Å². The summed E-state index contributed by atoms with van der Waals surface area (Å²) in [6, 6.07) is 18.7. The lowest BCUT2D eigenvalue weighted by molar-refractivity contribution is -0.133. The topological polar surface area (TPSA) is 49.6 Å². The van der Waals surface area contributed by atoms with E-state index in [1.54, 1.807) is 0 Å². The number of likely N-dealkylation sites (N-methyl/N-ethyl adjacent to an activating group) is 1. The zero-order chi connectivity index (χ0) is 20.4. The Kier molecular flexibility index (Phi) is 5.49. The van der Waals surface area contributed by atoms with E-state index >= 15 is 0 Å². The first-order chi connectivity index (χ1) is 14.0. The Bertz CT molecular complexity index is 996. The highest BCUT2D eigenvalue weighted by atomic mass is 16.4. The quantitative estimate of drug-likeness (QED) is 0.676. The number of oxazole rings is 1. The molecule has 0 radical (unpaired) electrons. The summed E-state index contributed by atoms with van der Waals surface area (Å²) in [5.41, 5.74) is 4.06. The molecule has 1 fully saturated rings. The maximum Gasteiger partial charge on any atom is 0.228 e. The molecular weight excluding hydrogens is 362 g/mol. The van der Waals surface area contributed by atoms with Crippen LogP contribution < -0.4 is 0 Å². The van der Waals surface area contributed by atoms with E-state index in [4.69, 9.17) is 4.42 Å². The molecule has 0 saturated carbocycles. The maximum atomic E-state index is 13.0. The average molecular weight is 389 g/mol. The van der Waals surface area contributed by atoms with Crippen molar-refractivity contribution in [1.82, 2.24) is 14.8 Å². The van der Waals surface area contributed by atoms with Gasteiger partial charge < -0.3 is 9.32 Å². The Balaban J connectivity index is 1.48. The van der Waals surface area contributed by atoms with Gasteiger partial charge >= 0.3 is 0 Å². The molecule has 1 amide bonds. The largest absolute Gasteiger partial charge is 0.441 e. The number of carbonyl (C=O) groups is 1. The van der Waals surface area contributed by atoms with E-state index in [1.165, 1.54) is 5.56 Å². The molecule has 5 heteroatoms. The summed E-state index contributed by atoms with van der Waals surface area (Å²) in [7, 11) is 2.12. The highest BCUT2D eigenvalue weighted by Gasteiger charge is 2.29. The third kappa shape index (κ3) is 4.25. The Labute approximate surface area is 172 Å². The lowest BCUT2D eigenvalue weighted by Gasteiger charge is -2.39. The van der Waals surface area contributed by atoms with Gasteiger partial charge in [0, 0.05) is 25.2 Å². The highest BCUT2D eigenvalue weighted by molar-refractivity contribution is 5.79. The molecule has 0 bridgehead atoms. The zero-order valence-electron chi connectivity index (χ0n) is 17.3. The fourth-order valence-electron chi connectivity index (χ4n) is 3.88. The van der Waals surface area contributed by atoms with Crippen molar-refractivity contribution in [2.45, 2.75) is 26.3 Å². The third-order valence-electron chi connectivity index (χ3n) is 5.66. The lowest BCUT2D eigenvalue weighted by Crippen LogP contribution is -2.49. The summed E-state index contributed by atoms with van der Waals surface area (Å²) >= 11 is 0. The van der Waals surface area contributed by atoms with Crippen LogP contribution in [-0.2, 0) is 11.2 Å². The third-order valence-corrected chi connectivity index (χ3v) is 5.66. The molecule has 1 aliphatic heterocycles. The molecule has 1 aromatic heterocycles. The molecule has 1 unspecified atom stereocenters. The molecule has 0 N–H and O–H groups in total. The molecule has 4 rings (SSSR count). The highest BCUT2D eigenvalue weighted by Crippen LogP contribution is 2.26. The van der Waals surface area contributed by atoms with Crippen molar-refractivity contribution in [2.75, 3.05) is 26.7 Å². The van der Waals surface area contributed by atoms with Crippen LogP contribution in [0.5, 0.6) is 0 Å². The van der Waals surface area contributed by atoms with Gasteiger partial charge in [-0.05, 0) is 38.6 Å². The summed E-state index contributed by atoms with van der Waals surface area (Å²) in [6.45, 7) is 6.21. The van der Waals surface area contributed by atoms with Crippen LogP contribution in [0.4, 0.5) is 0 Å². The predicted molar refractivity (Wildman–Crippen MR) is 114 cm³/mol. The monoisotopic (exact) mass is 389 g/mol. The second-order valence-electron chi connectivity index (χ2n) is 7.81. The van der Waals surface area contributed by atoms with Crippen LogP contribution in [-0.4, -0.2) is 47.4 Å². The van der Waals surface area contributed by atoms with Gasteiger partial charge in [-0.2, -0.15) is 0 Å². The number of aromatic nitrogens is 1. The molecule has 150 valence electrons. The van der Waals surface area contributed by atoms with Crippen LogP contribution in [0, 0.1) is 13.8 Å². The summed E-state index contributed by atoms with van der Waals surface area (Å²) in [5, 5.41) is 0. The molecule has 3 aromatic rings. The smallest absolute Gasteiger partial charge is 0.228 e. The minimum atomic E-state index is 0.103. The number of aryl methyl sites for hydroxylation is 2. The molecule has 29 heavy (non-hydrogen) atoms. The Morgan fingerprint density at radius 3 is 2.66 bits per heavy atom. The zero-order valence-corrected chi connectivity index (χ0v) is 17.3. The van der Waals surface area contributed by atoms with Gasteiger partial charge in [0.25, 0.3) is 0 Å². The van der Waals surface area contributed by atoms with Gasteiger partial charge in [-0.15, -0.1) is 0 Å². The van der Waals surface area contributed by atoms with E-state index in [-0.39, 0.29) is 18.4 Å². The van der Waals surface area contributed by atoms with Gasteiger partial charge in [-0.1, -0.05) is 48.0 Å². The van der Waals surface area contributed by atoms with Gasteiger partial charge in [-0.25, -0.2) is 4.98 Å². The molecular formula is C24H27N3O2. The summed E-state index contributed by atoms with van der Waals surface area (Å²) in [4.78, 5) is 21.9. The minimum absolute atomic E-state index is 0.103. The van der Waals surface area contributed by atoms with E-state index in [1.807, 2.05) is 49.1 Å². The predicted octanol–water partition coefficient (Wildman–Crippen LogP) is 4.02.